The molecule has 0 bridgehead atoms. The Kier molecular flexibility index (Phi) is 9.13. The molecule has 0 nitrogen and oxygen atoms in total. The number of rotatable bonds is 9. The van der Waals surface area contributed by atoms with Gasteiger partial charge in [0.25, 0.3) is 0 Å². The van der Waals surface area contributed by atoms with E-state index in [0.717, 1.165) is 12.8 Å². The number of unbranched alkanes of at least 4 members (excludes halogenated alkanes) is 5. The smallest absolute Gasteiger partial charge is 0.103 e. The van der Waals surface area contributed by atoms with Crippen LogP contribution in [0.2, 0.25) is 0 Å². The van der Waals surface area contributed by atoms with Crippen molar-refractivity contribution < 1.29 is 4.39 Å². The molecule has 0 heterocycles. The third-order valence-corrected chi connectivity index (χ3v) is 3.46. The molecule has 0 radical (unpaired) electrons. The minimum absolute atomic E-state index is 0.223. The van der Waals surface area contributed by atoms with Gasteiger partial charge in [-0.2, -0.15) is 0 Å². The van der Waals surface area contributed by atoms with E-state index in [2.05, 4.69) is 20.8 Å². The van der Waals surface area contributed by atoms with E-state index in [4.69, 9.17) is 0 Å². The van der Waals surface area contributed by atoms with Crippen LogP contribution in [0, 0.1) is 11.8 Å². The number of hydrogen-bond donors (Lipinski definition) is 0. The minimum Gasteiger partial charge on any atom is -0.247 e. The van der Waals surface area contributed by atoms with Gasteiger partial charge in [0.1, 0.15) is 6.17 Å². The van der Waals surface area contributed by atoms with Crippen molar-refractivity contribution in [2.75, 3.05) is 0 Å². The Hall–Kier alpha value is -0.0700. The minimum atomic E-state index is -0.587. The molecule has 0 aliphatic rings. The summed E-state index contributed by atoms with van der Waals surface area (Å²) in [6.45, 7) is 8.48. The SMILES string of the molecule is CCCCCCCCC(F)[C@@H](C)C(C)C. The molecule has 1 heteroatoms. The van der Waals surface area contributed by atoms with E-state index in [0.29, 0.717) is 5.92 Å². The van der Waals surface area contributed by atoms with Gasteiger partial charge >= 0.3 is 0 Å². The van der Waals surface area contributed by atoms with Crippen molar-refractivity contribution >= 4 is 0 Å². The molecule has 0 aliphatic heterocycles. The average molecular weight is 216 g/mol. The molecular weight excluding hydrogens is 187 g/mol. The molecule has 0 aromatic carbocycles. The highest BCUT2D eigenvalue weighted by atomic mass is 19.1. The zero-order chi connectivity index (χ0) is 11.7. The Balaban J connectivity index is 3.34. The molecule has 0 aromatic rings. The second-order valence-corrected chi connectivity index (χ2v) is 5.18. The normalized spacial score (nSPS) is 15.6. The fourth-order valence-corrected chi connectivity index (χ4v) is 1.80. The molecule has 0 saturated heterocycles. The van der Waals surface area contributed by atoms with Gasteiger partial charge in [-0.3, -0.25) is 0 Å². The summed E-state index contributed by atoms with van der Waals surface area (Å²) in [6.07, 6.45) is 7.70. The molecule has 2 atom stereocenters. The Bertz CT molecular complexity index is 131. The summed E-state index contributed by atoms with van der Waals surface area (Å²) in [6, 6.07) is 0. The first-order chi connectivity index (χ1) is 7.09. The second-order valence-electron chi connectivity index (χ2n) is 5.18. The first-order valence-electron chi connectivity index (χ1n) is 6.73. The maximum atomic E-state index is 13.6. The van der Waals surface area contributed by atoms with Crippen LogP contribution in [0.1, 0.15) is 72.6 Å². The van der Waals surface area contributed by atoms with Crippen LogP contribution in [0.4, 0.5) is 4.39 Å². The number of halogens is 1. The average Bonchev–Trinajstić information content (AvgIpc) is 2.21. The van der Waals surface area contributed by atoms with Crippen LogP contribution in [0.25, 0.3) is 0 Å². The standard InChI is InChI=1S/C14H29F/c1-5-6-7-8-9-10-11-14(15)13(4)12(2)3/h12-14H,5-11H2,1-4H3/t13-,14?/m0/s1. The van der Waals surface area contributed by atoms with Gasteiger partial charge < -0.3 is 0 Å². The first kappa shape index (κ1) is 14.9. The lowest BCUT2D eigenvalue weighted by Crippen LogP contribution is -2.18. The number of hydrogen-bond acceptors (Lipinski definition) is 0. The van der Waals surface area contributed by atoms with Crippen molar-refractivity contribution in [1.29, 1.82) is 0 Å². The molecule has 0 fully saturated rings. The van der Waals surface area contributed by atoms with Crippen LogP contribution in [-0.2, 0) is 0 Å². The third-order valence-electron chi connectivity index (χ3n) is 3.46. The molecule has 0 N–H and O–H groups in total. The van der Waals surface area contributed by atoms with Crippen molar-refractivity contribution in [3.05, 3.63) is 0 Å². The molecule has 0 aliphatic carbocycles. The van der Waals surface area contributed by atoms with E-state index in [-0.39, 0.29) is 5.92 Å². The predicted octanol–water partition coefficient (Wildman–Crippen LogP) is 5.37. The van der Waals surface area contributed by atoms with Crippen LogP contribution in [0.3, 0.4) is 0 Å². The van der Waals surface area contributed by atoms with Crippen molar-refractivity contribution in [2.45, 2.75) is 78.8 Å². The van der Waals surface area contributed by atoms with E-state index in [1.165, 1.54) is 32.1 Å². The van der Waals surface area contributed by atoms with Crippen LogP contribution in [-0.4, -0.2) is 6.17 Å². The van der Waals surface area contributed by atoms with E-state index in [1.807, 2.05) is 6.92 Å². The molecule has 0 saturated carbocycles. The van der Waals surface area contributed by atoms with Gasteiger partial charge in [0.15, 0.2) is 0 Å². The van der Waals surface area contributed by atoms with Gasteiger partial charge in [0.2, 0.25) is 0 Å². The Morgan fingerprint density at radius 1 is 0.867 bits per heavy atom. The van der Waals surface area contributed by atoms with Crippen LogP contribution in [0.15, 0.2) is 0 Å². The summed E-state index contributed by atoms with van der Waals surface area (Å²) in [5.74, 6) is 0.695. The van der Waals surface area contributed by atoms with Gasteiger partial charge in [-0.15, -0.1) is 0 Å². The molecule has 0 amide bonds. The van der Waals surface area contributed by atoms with Gasteiger partial charge in [0.05, 0.1) is 0 Å². The van der Waals surface area contributed by atoms with E-state index in [9.17, 15) is 4.39 Å². The van der Waals surface area contributed by atoms with Gasteiger partial charge in [-0.1, -0.05) is 66.2 Å². The van der Waals surface area contributed by atoms with Crippen molar-refractivity contribution in [1.82, 2.24) is 0 Å². The predicted molar refractivity (Wildman–Crippen MR) is 66.9 cm³/mol. The van der Waals surface area contributed by atoms with Gasteiger partial charge in [-0.25, -0.2) is 4.39 Å². The largest absolute Gasteiger partial charge is 0.247 e. The fourth-order valence-electron chi connectivity index (χ4n) is 1.80. The monoisotopic (exact) mass is 216 g/mol. The number of alkyl halides is 1. The highest BCUT2D eigenvalue weighted by molar-refractivity contribution is 4.67. The summed E-state index contributed by atoms with van der Waals surface area (Å²) < 4.78 is 13.6. The Labute approximate surface area is 95.6 Å². The lowest BCUT2D eigenvalue weighted by atomic mass is 9.90. The quantitative estimate of drug-likeness (QED) is 0.455. The van der Waals surface area contributed by atoms with Gasteiger partial charge in [-0.05, 0) is 18.3 Å². The molecule has 92 valence electrons. The maximum Gasteiger partial charge on any atom is 0.103 e. The zero-order valence-corrected chi connectivity index (χ0v) is 11.1. The summed E-state index contributed by atoms with van der Waals surface area (Å²) in [5, 5.41) is 0. The molecule has 15 heavy (non-hydrogen) atoms. The zero-order valence-electron chi connectivity index (χ0n) is 11.1. The van der Waals surface area contributed by atoms with E-state index < -0.39 is 6.17 Å². The first-order valence-corrected chi connectivity index (χ1v) is 6.73. The Morgan fingerprint density at radius 3 is 1.93 bits per heavy atom. The van der Waals surface area contributed by atoms with Gasteiger partial charge in [0, 0.05) is 0 Å². The summed E-state index contributed by atoms with van der Waals surface area (Å²) in [4.78, 5) is 0. The topological polar surface area (TPSA) is 0 Å². The Morgan fingerprint density at radius 2 is 1.40 bits per heavy atom. The lowest BCUT2D eigenvalue weighted by molar-refractivity contribution is 0.180. The maximum absolute atomic E-state index is 13.6. The highest BCUT2D eigenvalue weighted by Gasteiger charge is 2.18. The van der Waals surface area contributed by atoms with Crippen LogP contribution < -0.4 is 0 Å². The molecule has 1 unspecified atom stereocenters. The molecule has 0 aromatic heterocycles. The summed E-state index contributed by atoms with van der Waals surface area (Å²) in [5.41, 5.74) is 0. The summed E-state index contributed by atoms with van der Waals surface area (Å²) >= 11 is 0. The lowest BCUT2D eigenvalue weighted by Gasteiger charge is -2.20. The van der Waals surface area contributed by atoms with Crippen molar-refractivity contribution in [3.8, 4) is 0 Å². The molecule has 0 rings (SSSR count). The highest BCUT2D eigenvalue weighted by Crippen LogP contribution is 2.22. The molecular formula is C14H29F. The van der Waals surface area contributed by atoms with Crippen molar-refractivity contribution in [2.24, 2.45) is 11.8 Å². The second kappa shape index (κ2) is 9.18. The summed E-state index contributed by atoms with van der Waals surface area (Å²) in [7, 11) is 0. The van der Waals surface area contributed by atoms with E-state index >= 15 is 0 Å². The fraction of sp³-hybridized carbons (Fsp3) is 1.00. The van der Waals surface area contributed by atoms with Crippen LogP contribution >= 0.6 is 0 Å². The van der Waals surface area contributed by atoms with Crippen molar-refractivity contribution in [3.63, 3.8) is 0 Å². The van der Waals surface area contributed by atoms with E-state index in [1.54, 1.807) is 0 Å². The third kappa shape index (κ3) is 7.81. The molecule has 0 spiro atoms. The van der Waals surface area contributed by atoms with Crippen LogP contribution in [0.5, 0.6) is 0 Å².